The fourth-order valence-electron chi connectivity index (χ4n) is 2.15. The van der Waals surface area contributed by atoms with E-state index >= 15 is 0 Å². The van der Waals surface area contributed by atoms with Gasteiger partial charge in [-0.15, -0.1) is 0 Å². The molecular weight excluding hydrogens is 360 g/mol. The summed E-state index contributed by atoms with van der Waals surface area (Å²) in [5.41, 5.74) is 1.16. The molecule has 1 heterocycles. The molecule has 0 fully saturated rings. The number of amides is 1. The molecule has 26 heavy (non-hydrogen) atoms. The molecule has 0 radical (unpaired) electrons. The number of aromatic nitrogens is 1. The van der Waals surface area contributed by atoms with Crippen molar-refractivity contribution in [3.63, 3.8) is 0 Å². The van der Waals surface area contributed by atoms with Gasteiger partial charge in [-0.2, -0.15) is 0 Å². The molecule has 0 saturated carbocycles. The second-order valence-corrected chi connectivity index (χ2v) is 5.80. The van der Waals surface area contributed by atoms with Gasteiger partial charge in [0.2, 0.25) is 5.88 Å². The third-order valence-corrected chi connectivity index (χ3v) is 3.71. The summed E-state index contributed by atoms with van der Waals surface area (Å²) in [5.74, 6) is -0.633. The first-order chi connectivity index (χ1) is 12.4. The molecule has 0 aliphatic rings. The number of carbonyl (C=O) groups is 2. The van der Waals surface area contributed by atoms with Crippen molar-refractivity contribution in [2.24, 2.45) is 0 Å². The Bertz CT molecular complexity index is 780. The fourth-order valence-corrected chi connectivity index (χ4v) is 2.37. The Morgan fingerprint density at radius 1 is 1.27 bits per heavy atom. The Labute approximate surface area is 155 Å². The maximum absolute atomic E-state index is 12.4. The van der Waals surface area contributed by atoms with Gasteiger partial charge in [-0.1, -0.05) is 23.7 Å². The van der Waals surface area contributed by atoms with Gasteiger partial charge < -0.3 is 19.9 Å². The summed E-state index contributed by atoms with van der Waals surface area (Å²) >= 11 is 6.05. The monoisotopic (exact) mass is 378 g/mol. The van der Waals surface area contributed by atoms with E-state index in [4.69, 9.17) is 26.2 Å². The molecule has 0 saturated heterocycles. The average Bonchev–Trinajstić information content (AvgIpc) is 2.62. The SMILES string of the molecule is CCOc1ncc(C(=O)NC(C)c2ccc(OCC(=O)O)cc2)cc1Cl. The van der Waals surface area contributed by atoms with E-state index in [1.807, 2.05) is 13.8 Å². The number of nitrogens with zero attached hydrogens (tertiary/aromatic N) is 1. The van der Waals surface area contributed by atoms with Crippen LogP contribution >= 0.6 is 11.6 Å². The Morgan fingerprint density at radius 3 is 2.54 bits per heavy atom. The lowest BCUT2D eigenvalue weighted by atomic mass is 10.1. The zero-order valence-corrected chi connectivity index (χ0v) is 15.1. The van der Waals surface area contributed by atoms with Crippen LogP contribution in [0.15, 0.2) is 36.5 Å². The molecule has 138 valence electrons. The van der Waals surface area contributed by atoms with Crippen LogP contribution in [0.2, 0.25) is 5.02 Å². The summed E-state index contributed by atoms with van der Waals surface area (Å²) in [5, 5.41) is 11.7. The number of benzene rings is 1. The third kappa shape index (κ3) is 5.35. The molecule has 8 heteroatoms. The van der Waals surface area contributed by atoms with Gasteiger partial charge in [0.1, 0.15) is 10.8 Å². The molecule has 1 amide bonds. The minimum absolute atomic E-state index is 0.270. The van der Waals surface area contributed by atoms with E-state index in [1.165, 1.54) is 12.3 Å². The number of carboxylic acid groups (broad SMARTS) is 1. The number of halogens is 1. The summed E-state index contributed by atoms with van der Waals surface area (Å²) in [6.07, 6.45) is 1.40. The van der Waals surface area contributed by atoms with Crippen molar-refractivity contribution in [3.8, 4) is 11.6 Å². The first-order valence-electron chi connectivity index (χ1n) is 7.94. The van der Waals surface area contributed by atoms with Gasteiger partial charge in [-0.25, -0.2) is 9.78 Å². The predicted octanol–water partition coefficient (Wildman–Crippen LogP) is 3.09. The minimum atomic E-state index is -1.04. The van der Waals surface area contributed by atoms with Crippen LogP contribution < -0.4 is 14.8 Å². The van der Waals surface area contributed by atoms with Crippen molar-refractivity contribution in [2.45, 2.75) is 19.9 Å². The van der Waals surface area contributed by atoms with Crippen molar-refractivity contribution in [3.05, 3.63) is 52.7 Å². The Morgan fingerprint density at radius 2 is 1.96 bits per heavy atom. The van der Waals surface area contributed by atoms with Crippen LogP contribution in [-0.4, -0.2) is 35.2 Å². The molecule has 2 aromatic rings. The lowest BCUT2D eigenvalue weighted by molar-refractivity contribution is -0.139. The van der Waals surface area contributed by atoms with E-state index < -0.39 is 12.6 Å². The van der Waals surface area contributed by atoms with Gasteiger partial charge in [-0.3, -0.25) is 4.79 Å². The summed E-state index contributed by atoms with van der Waals surface area (Å²) < 4.78 is 10.3. The number of carboxylic acids is 1. The van der Waals surface area contributed by atoms with Gasteiger partial charge >= 0.3 is 5.97 Å². The normalized spacial score (nSPS) is 11.5. The zero-order valence-electron chi connectivity index (χ0n) is 14.4. The van der Waals surface area contributed by atoms with E-state index in [2.05, 4.69) is 10.3 Å². The number of hydrogen-bond acceptors (Lipinski definition) is 5. The largest absolute Gasteiger partial charge is 0.482 e. The molecule has 1 aromatic heterocycles. The standard InChI is InChI=1S/C18H19ClN2O5/c1-3-25-18-15(19)8-13(9-20-18)17(24)21-11(2)12-4-6-14(7-5-12)26-10-16(22)23/h4-9,11H,3,10H2,1-2H3,(H,21,24)(H,22,23). The maximum Gasteiger partial charge on any atom is 0.341 e. The Kier molecular flexibility index (Phi) is 6.80. The summed E-state index contributed by atoms with van der Waals surface area (Å²) in [4.78, 5) is 26.9. The second kappa shape index (κ2) is 9.05. The molecule has 7 nitrogen and oxygen atoms in total. The third-order valence-electron chi connectivity index (χ3n) is 3.44. The molecule has 1 aromatic carbocycles. The highest BCUT2D eigenvalue weighted by molar-refractivity contribution is 6.32. The first-order valence-corrected chi connectivity index (χ1v) is 8.32. The average molecular weight is 379 g/mol. The van der Waals surface area contributed by atoms with Gasteiger partial charge in [0, 0.05) is 6.20 Å². The van der Waals surface area contributed by atoms with Crippen molar-refractivity contribution >= 4 is 23.5 Å². The lowest BCUT2D eigenvalue weighted by Gasteiger charge is -2.15. The first kappa shape index (κ1) is 19.5. The Hall–Kier alpha value is -2.80. The van der Waals surface area contributed by atoms with E-state index in [1.54, 1.807) is 24.3 Å². The van der Waals surface area contributed by atoms with Crippen LogP contribution in [0.25, 0.3) is 0 Å². The van der Waals surface area contributed by atoms with Crippen LogP contribution in [0.4, 0.5) is 0 Å². The molecule has 1 unspecified atom stereocenters. The van der Waals surface area contributed by atoms with E-state index in [0.717, 1.165) is 5.56 Å². The van der Waals surface area contributed by atoms with E-state index in [9.17, 15) is 9.59 Å². The summed E-state index contributed by atoms with van der Waals surface area (Å²) in [6, 6.07) is 8.04. The highest BCUT2D eigenvalue weighted by Crippen LogP contribution is 2.23. The number of aliphatic carboxylic acids is 1. The number of hydrogen-bond donors (Lipinski definition) is 2. The lowest BCUT2D eigenvalue weighted by Crippen LogP contribution is -2.26. The van der Waals surface area contributed by atoms with Crippen molar-refractivity contribution in [1.29, 1.82) is 0 Å². The van der Waals surface area contributed by atoms with Crippen LogP contribution in [0.1, 0.15) is 35.8 Å². The molecule has 0 spiro atoms. The van der Waals surface area contributed by atoms with Gasteiger partial charge in [-0.05, 0) is 37.6 Å². The quantitative estimate of drug-likeness (QED) is 0.732. The molecule has 0 aliphatic heterocycles. The molecule has 0 bridgehead atoms. The highest BCUT2D eigenvalue weighted by Gasteiger charge is 2.14. The van der Waals surface area contributed by atoms with Crippen molar-refractivity contribution in [2.75, 3.05) is 13.2 Å². The van der Waals surface area contributed by atoms with Crippen LogP contribution in [0.5, 0.6) is 11.6 Å². The summed E-state index contributed by atoms with van der Waals surface area (Å²) in [7, 11) is 0. The second-order valence-electron chi connectivity index (χ2n) is 5.39. The maximum atomic E-state index is 12.4. The zero-order chi connectivity index (χ0) is 19.1. The molecular formula is C18H19ClN2O5. The summed E-state index contributed by atoms with van der Waals surface area (Å²) in [6.45, 7) is 3.67. The van der Waals surface area contributed by atoms with Gasteiger partial charge in [0.25, 0.3) is 5.91 Å². The van der Waals surface area contributed by atoms with Crippen molar-refractivity contribution < 1.29 is 24.2 Å². The van der Waals surface area contributed by atoms with E-state index in [-0.39, 0.29) is 22.9 Å². The highest BCUT2D eigenvalue weighted by atomic mass is 35.5. The van der Waals surface area contributed by atoms with Crippen LogP contribution in [-0.2, 0) is 4.79 Å². The number of ether oxygens (including phenoxy) is 2. The predicted molar refractivity (Wildman–Crippen MR) is 95.9 cm³/mol. The number of rotatable bonds is 8. The Balaban J connectivity index is 2.00. The van der Waals surface area contributed by atoms with Crippen LogP contribution in [0, 0.1) is 0 Å². The van der Waals surface area contributed by atoms with Gasteiger partial charge in [0.05, 0.1) is 18.2 Å². The van der Waals surface area contributed by atoms with Crippen LogP contribution in [0.3, 0.4) is 0 Å². The van der Waals surface area contributed by atoms with Crippen molar-refractivity contribution in [1.82, 2.24) is 10.3 Å². The molecule has 2 rings (SSSR count). The topological polar surface area (TPSA) is 97.8 Å². The van der Waals surface area contributed by atoms with Gasteiger partial charge in [0.15, 0.2) is 6.61 Å². The van der Waals surface area contributed by atoms with E-state index in [0.29, 0.717) is 17.9 Å². The number of carbonyl (C=O) groups excluding carboxylic acids is 1. The number of pyridine rings is 1. The molecule has 0 aliphatic carbocycles. The fraction of sp³-hybridized carbons (Fsp3) is 0.278. The smallest absolute Gasteiger partial charge is 0.341 e. The number of nitrogens with one attached hydrogen (secondary N) is 1. The minimum Gasteiger partial charge on any atom is -0.482 e. The molecule has 2 N–H and O–H groups in total. The molecule has 1 atom stereocenters.